The topological polar surface area (TPSA) is 85.8 Å². The number of benzene rings is 1. The number of fused-ring (bicyclic) bond motifs is 1. The summed E-state index contributed by atoms with van der Waals surface area (Å²) in [5.41, 5.74) is 1.75. The fraction of sp³-hybridized carbons (Fsp3) is 0.400. The molecule has 0 aliphatic carbocycles. The Morgan fingerprint density at radius 3 is 2.45 bits per heavy atom. The van der Waals surface area contributed by atoms with Crippen LogP contribution in [0.15, 0.2) is 42.2 Å². The van der Waals surface area contributed by atoms with E-state index in [1.165, 1.54) is 11.3 Å². The molecule has 1 atom stereocenters. The Kier molecular flexibility index (Phi) is 6.26. The summed E-state index contributed by atoms with van der Waals surface area (Å²) in [7, 11) is 0. The minimum atomic E-state index is -4.48. The first kappa shape index (κ1) is 24.7. The van der Waals surface area contributed by atoms with Crippen molar-refractivity contribution in [3.05, 3.63) is 58.3 Å². The normalized spacial score (nSPS) is 20.3. The number of aromatic nitrogens is 3. The van der Waals surface area contributed by atoms with E-state index < -0.39 is 11.7 Å². The van der Waals surface area contributed by atoms with Crippen LogP contribution in [0.3, 0.4) is 0 Å². The Hall–Kier alpha value is -3.58. The number of thiazole rings is 1. The number of rotatable bonds is 4. The molecular formula is C25H24F3N7O2S. The molecule has 38 heavy (non-hydrogen) atoms. The zero-order valence-electron chi connectivity index (χ0n) is 20.3. The second-order valence-corrected chi connectivity index (χ2v) is 10.4. The molecule has 2 fully saturated rings. The maximum Gasteiger partial charge on any atom is 0.419 e. The molecule has 0 saturated carbocycles. The summed E-state index contributed by atoms with van der Waals surface area (Å²) in [6.45, 7) is 3.73. The minimum absolute atomic E-state index is 0.0438. The van der Waals surface area contributed by atoms with Crippen molar-refractivity contribution in [1.29, 1.82) is 0 Å². The highest BCUT2D eigenvalue weighted by molar-refractivity contribution is 7.11. The van der Waals surface area contributed by atoms with Crippen molar-refractivity contribution in [3.8, 4) is 0 Å². The highest BCUT2D eigenvalue weighted by Gasteiger charge is 2.37. The zero-order chi connectivity index (χ0) is 26.4. The van der Waals surface area contributed by atoms with Gasteiger partial charge in [0.15, 0.2) is 5.01 Å². The summed E-state index contributed by atoms with van der Waals surface area (Å²) in [6.07, 6.45) is -0.162. The Morgan fingerprint density at radius 2 is 1.76 bits per heavy atom. The van der Waals surface area contributed by atoms with Crippen molar-refractivity contribution < 1.29 is 22.8 Å². The van der Waals surface area contributed by atoms with Gasteiger partial charge in [0.2, 0.25) is 11.9 Å². The molecule has 3 aliphatic heterocycles. The summed E-state index contributed by atoms with van der Waals surface area (Å²) >= 11 is 1.34. The smallest absolute Gasteiger partial charge is 0.334 e. The SMILES string of the molecule is O=C(c1nccs1)N1CCN([C@@H]2CC(=O)N(c3ccc4c(c3)CCN4c3ncc(C(F)(F)F)cn3)C2)CC1. The largest absolute Gasteiger partial charge is 0.419 e. The number of hydrogen-bond donors (Lipinski definition) is 0. The molecule has 0 unspecified atom stereocenters. The van der Waals surface area contributed by atoms with Gasteiger partial charge in [-0.05, 0) is 30.2 Å². The minimum Gasteiger partial charge on any atom is -0.334 e. The van der Waals surface area contributed by atoms with Crippen LogP contribution in [0, 0.1) is 0 Å². The lowest BCUT2D eigenvalue weighted by atomic mass is 10.1. The van der Waals surface area contributed by atoms with Gasteiger partial charge >= 0.3 is 6.18 Å². The van der Waals surface area contributed by atoms with Crippen LogP contribution in [-0.2, 0) is 17.4 Å². The van der Waals surface area contributed by atoms with Crippen LogP contribution < -0.4 is 9.80 Å². The Bertz CT molecular complexity index is 1340. The van der Waals surface area contributed by atoms with E-state index in [1.54, 1.807) is 21.4 Å². The average molecular weight is 544 g/mol. The van der Waals surface area contributed by atoms with Crippen LogP contribution in [0.1, 0.15) is 27.3 Å². The van der Waals surface area contributed by atoms with E-state index in [2.05, 4.69) is 19.9 Å². The average Bonchev–Trinajstić information content (AvgIpc) is 3.68. The van der Waals surface area contributed by atoms with Crippen LogP contribution in [0.25, 0.3) is 0 Å². The van der Waals surface area contributed by atoms with E-state index in [1.807, 2.05) is 23.1 Å². The molecule has 1 aromatic carbocycles. The summed E-state index contributed by atoms with van der Waals surface area (Å²) in [5.74, 6) is 0.226. The van der Waals surface area contributed by atoms with Crippen molar-refractivity contribution in [2.75, 3.05) is 49.1 Å². The number of carbonyl (C=O) groups is 2. The zero-order valence-corrected chi connectivity index (χ0v) is 21.1. The second-order valence-electron chi connectivity index (χ2n) is 9.51. The van der Waals surface area contributed by atoms with Gasteiger partial charge in [0.05, 0.1) is 5.56 Å². The van der Waals surface area contributed by atoms with Gasteiger partial charge in [-0.25, -0.2) is 15.0 Å². The van der Waals surface area contributed by atoms with Crippen molar-refractivity contribution >= 4 is 40.5 Å². The van der Waals surface area contributed by atoms with Gasteiger partial charge in [-0.2, -0.15) is 13.2 Å². The number of hydrogen-bond acceptors (Lipinski definition) is 8. The first-order chi connectivity index (χ1) is 18.3. The fourth-order valence-corrected chi connectivity index (χ4v) is 5.91. The number of amides is 2. The molecule has 0 N–H and O–H groups in total. The van der Waals surface area contributed by atoms with E-state index >= 15 is 0 Å². The Balaban J connectivity index is 1.10. The van der Waals surface area contributed by atoms with E-state index in [0.717, 1.165) is 29.3 Å². The van der Waals surface area contributed by atoms with E-state index in [0.29, 0.717) is 57.1 Å². The number of anilines is 3. The molecule has 3 aliphatic rings. The predicted octanol–water partition coefficient (Wildman–Crippen LogP) is 3.21. The van der Waals surface area contributed by atoms with E-state index in [4.69, 9.17) is 0 Å². The number of halogens is 3. The van der Waals surface area contributed by atoms with Crippen molar-refractivity contribution in [2.24, 2.45) is 0 Å². The second kappa shape index (κ2) is 9.62. The maximum atomic E-state index is 13.0. The third-order valence-corrected chi connectivity index (χ3v) is 8.08. The number of alkyl halides is 3. The van der Waals surface area contributed by atoms with Gasteiger partial charge in [0, 0.05) is 87.1 Å². The molecule has 2 saturated heterocycles. The lowest BCUT2D eigenvalue weighted by Crippen LogP contribution is -2.52. The third-order valence-electron chi connectivity index (χ3n) is 7.32. The fourth-order valence-electron chi connectivity index (χ4n) is 5.31. The highest BCUT2D eigenvalue weighted by atomic mass is 32.1. The van der Waals surface area contributed by atoms with Crippen molar-refractivity contribution in [3.63, 3.8) is 0 Å². The first-order valence-electron chi connectivity index (χ1n) is 12.3. The Labute approximate surface area is 220 Å². The van der Waals surface area contributed by atoms with Crippen LogP contribution in [-0.4, -0.2) is 81.9 Å². The number of nitrogens with zero attached hydrogens (tertiary/aromatic N) is 7. The van der Waals surface area contributed by atoms with Gasteiger partial charge in [-0.15, -0.1) is 11.3 Å². The lowest BCUT2D eigenvalue weighted by Gasteiger charge is -2.37. The van der Waals surface area contributed by atoms with E-state index in [-0.39, 0.29) is 23.8 Å². The van der Waals surface area contributed by atoms with Gasteiger partial charge in [0.1, 0.15) is 0 Å². The van der Waals surface area contributed by atoms with Gasteiger partial charge in [-0.1, -0.05) is 0 Å². The van der Waals surface area contributed by atoms with Crippen molar-refractivity contribution in [2.45, 2.75) is 25.1 Å². The molecule has 2 amide bonds. The molecule has 198 valence electrons. The molecule has 3 aromatic rings. The summed E-state index contributed by atoms with van der Waals surface area (Å²) in [6, 6.07) is 5.80. The quantitative estimate of drug-likeness (QED) is 0.500. The first-order valence-corrected chi connectivity index (χ1v) is 13.2. The molecule has 0 radical (unpaired) electrons. The molecule has 6 rings (SSSR count). The standard InChI is InChI=1S/C25H24F3N7O2S/c26-25(27,28)17-13-30-24(31-14-17)34-5-3-16-11-18(1-2-20(16)34)35-15-19(12-21(35)36)32-6-8-33(9-7-32)23(37)22-29-4-10-38-22/h1-2,4,10-11,13-14,19H,3,5-9,12,15H2/t19-/m1/s1. The van der Waals surface area contributed by atoms with Crippen LogP contribution >= 0.6 is 11.3 Å². The summed E-state index contributed by atoms with van der Waals surface area (Å²) in [4.78, 5) is 45.2. The molecule has 9 nitrogen and oxygen atoms in total. The van der Waals surface area contributed by atoms with Gasteiger partial charge < -0.3 is 14.7 Å². The lowest BCUT2D eigenvalue weighted by molar-refractivity contribution is -0.138. The predicted molar refractivity (Wildman–Crippen MR) is 135 cm³/mol. The monoisotopic (exact) mass is 543 g/mol. The van der Waals surface area contributed by atoms with Crippen molar-refractivity contribution in [1.82, 2.24) is 24.8 Å². The summed E-state index contributed by atoms with van der Waals surface area (Å²) in [5, 5.41) is 2.29. The molecule has 2 aromatic heterocycles. The van der Waals surface area contributed by atoms with Crippen LogP contribution in [0.2, 0.25) is 0 Å². The van der Waals surface area contributed by atoms with Crippen LogP contribution in [0.4, 0.5) is 30.5 Å². The molecule has 13 heteroatoms. The molecule has 0 spiro atoms. The third kappa shape index (κ3) is 4.60. The molecule has 5 heterocycles. The molecular weight excluding hydrogens is 519 g/mol. The maximum absolute atomic E-state index is 13.0. The number of piperazine rings is 1. The molecule has 0 bridgehead atoms. The number of carbonyl (C=O) groups excluding carboxylic acids is 2. The Morgan fingerprint density at radius 1 is 1.00 bits per heavy atom. The van der Waals surface area contributed by atoms with Crippen LogP contribution in [0.5, 0.6) is 0 Å². The van der Waals surface area contributed by atoms with Gasteiger partial charge in [-0.3, -0.25) is 14.5 Å². The highest BCUT2D eigenvalue weighted by Crippen LogP contribution is 2.37. The van der Waals surface area contributed by atoms with Gasteiger partial charge in [0.25, 0.3) is 5.91 Å². The van der Waals surface area contributed by atoms with E-state index in [9.17, 15) is 22.8 Å². The summed E-state index contributed by atoms with van der Waals surface area (Å²) < 4.78 is 38.6.